The first kappa shape index (κ1) is 11.8. The summed E-state index contributed by atoms with van der Waals surface area (Å²) in [6.45, 7) is 0. The van der Waals surface area contributed by atoms with Crippen LogP contribution < -0.4 is 5.32 Å². The molecule has 0 atom stereocenters. The van der Waals surface area contributed by atoms with Gasteiger partial charge in [0.15, 0.2) is 5.82 Å². The standard InChI is InChI=1S/C10H6Br2ClN3/c11-6-1-2-7(12)8(3-6)15-10-5-14-4-9(13)16-10/h1-5H,(H,15,16). The maximum Gasteiger partial charge on any atom is 0.150 e. The number of hydrogen-bond acceptors (Lipinski definition) is 3. The molecule has 1 aromatic heterocycles. The number of aromatic nitrogens is 2. The average molecular weight is 363 g/mol. The van der Waals surface area contributed by atoms with Crippen molar-refractivity contribution < 1.29 is 0 Å². The molecule has 0 saturated carbocycles. The van der Waals surface area contributed by atoms with Gasteiger partial charge in [0, 0.05) is 8.95 Å². The van der Waals surface area contributed by atoms with Crippen molar-refractivity contribution in [1.29, 1.82) is 0 Å². The third-order valence-electron chi connectivity index (χ3n) is 1.80. The second kappa shape index (κ2) is 5.12. The summed E-state index contributed by atoms with van der Waals surface area (Å²) in [5.41, 5.74) is 0.894. The fourth-order valence-electron chi connectivity index (χ4n) is 1.13. The molecule has 0 amide bonds. The number of benzene rings is 1. The molecule has 0 aliphatic rings. The molecule has 0 bridgehead atoms. The first-order chi connectivity index (χ1) is 7.65. The molecular weight excluding hydrogens is 357 g/mol. The fourth-order valence-corrected chi connectivity index (χ4v) is 1.99. The quantitative estimate of drug-likeness (QED) is 0.859. The topological polar surface area (TPSA) is 37.8 Å². The van der Waals surface area contributed by atoms with E-state index in [0.717, 1.165) is 14.6 Å². The number of anilines is 2. The lowest BCUT2D eigenvalue weighted by Crippen LogP contribution is -1.95. The van der Waals surface area contributed by atoms with Crippen LogP contribution in [0, 0.1) is 0 Å². The van der Waals surface area contributed by atoms with Crippen LogP contribution in [0.15, 0.2) is 39.5 Å². The maximum absolute atomic E-state index is 5.75. The molecule has 3 nitrogen and oxygen atoms in total. The monoisotopic (exact) mass is 361 g/mol. The van der Waals surface area contributed by atoms with Crippen molar-refractivity contribution in [3.63, 3.8) is 0 Å². The highest BCUT2D eigenvalue weighted by Crippen LogP contribution is 2.28. The highest BCUT2D eigenvalue weighted by Gasteiger charge is 2.02. The third-order valence-corrected chi connectivity index (χ3v) is 3.16. The summed E-state index contributed by atoms with van der Waals surface area (Å²) in [6, 6.07) is 5.82. The van der Waals surface area contributed by atoms with Crippen LogP contribution in [0.5, 0.6) is 0 Å². The highest BCUT2D eigenvalue weighted by atomic mass is 79.9. The summed E-state index contributed by atoms with van der Waals surface area (Å²) in [7, 11) is 0. The fraction of sp³-hybridized carbons (Fsp3) is 0. The highest BCUT2D eigenvalue weighted by molar-refractivity contribution is 9.11. The van der Waals surface area contributed by atoms with E-state index >= 15 is 0 Å². The molecule has 82 valence electrons. The normalized spacial score (nSPS) is 10.2. The van der Waals surface area contributed by atoms with E-state index < -0.39 is 0 Å². The van der Waals surface area contributed by atoms with Crippen molar-refractivity contribution in [2.75, 3.05) is 5.32 Å². The number of halogens is 3. The van der Waals surface area contributed by atoms with Gasteiger partial charge >= 0.3 is 0 Å². The lowest BCUT2D eigenvalue weighted by molar-refractivity contribution is 1.20. The van der Waals surface area contributed by atoms with E-state index in [1.807, 2.05) is 18.2 Å². The molecule has 0 unspecified atom stereocenters. The second-order valence-electron chi connectivity index (χ2n) is 2.98. The summed E-state index contributed by atoms with van der Waals surface area (Å²) < 4.78 is 1.92. The van der Waals surface area contributed by atoms with Crippen molar-refractivity contribution in [2.45, 2.75) is 0 Å². The molecule has 1 aromatic carbocycles. The molecule has 1 heterocycles. The van der Waals surface area contributed by atoms with Crippen LogP contribution in [0.4, 0.5) is 11.5 Å². The van der Waals surface area contributed by atoms with Crippen LogP contribution in [0.25, 0.3) is 0 Å². The molecule has 0 aliphatic heterocycles. The second-order valence-corrected chi connectivity index (χ2v) is 5.13. The summed E-state index contributed by atoms with van der Waals surface area (Å²) >= 11 is 12.6. The molecule has 16 heavy (non-hydrogen) atoms. The van der Waals surface area contributed by atoms with Gasteiger partial charge < -0.3 is 5.32 Å². The molecule has 0 aliphatic carbocycles. The Labute approximate surface area is 115 Å². The van der Waals surface area contributed by atoms with Crippen LogP contribution >= 0.6 is 43.5 Å². The average Bonchev–Trinajstić information content (AvgIpc) is 2.24. The maximum atomic E-state index is 5.75. The third kappa shape index (κ3) is 2.93. The Hall–Kier alpha value is -0.650. The largest absolute Gasteiger partial charge is 0.338 e. The summed E-state index contributed by atoms with van der Waals surface area (Å²) in [5, 5.41) is 3.48. The minimum absolute atomic E-state index is 0.358. The van der Waals surface area contributed by atoms with Gasteiger partial charge in [-0.15, -0.1) is 0 Å². The Balaban J connectivity index is 2.30. The van der Waals surface area contributed by atoms with Gasteiger partial charge in [0.2, 0.25) is 0 Å². The Bertz CT molecular complexity index is 519. The van der Waals surface area contributed by atoms with Crippen molar-refractivity contribution in [3.8, 4) is 0 Å². The SMILES string of the molecule is Clc1cncc(Nc2cc(Br)ccc2Br)n1. The van der Waals surface area contributed by atoms with Crippen molar-refractivity contribution in [3.05, 3.63) is 44.7 Å². The molecule has 0 saturated heterocycles. The summed E-state index contributed by atoms with van der Waals surface area (Å²) in [6.07, 6.45) is 3.10. The van der Waals surface area contributed by atoms with Gasteiger partial charge in [0.25, 0.3) is 0 Å². The van der Waals surface area contributed by atoms with Crippen LogP contribution in [-0.4, -0.2) is 9.97 Å². The smallest absolute Gasteiger partial charge is 0.150 e. The molecule has 1 N–H and O–H groups in total. The van der Waals surface area contributed by atoms with Crippen LogP contribution in [0.1, 0.15) is 0 Å². The molecule has 6 heteroatoms. The first-order valence-electron chi connectivity index (χ1n) is 4.35. The van der Waals surface area contributed by atoms with Gasteiger partial charge in [0.05, 0.1) is 18.1 Å². The molecule has 0 radical (unpaired) electrons. The number of hydrogen-bond donors (Lipinski definition) is 1. The molecule has 2 rings (SSSR count). The van der Waals surface area contributed by atoms with Gasteiger partial charge in [-0.1, -0.05) is 27.5 Å². The van der Waals surface area contributed by atoms with E-state index in [2.05, 4.69) is 47.1 Å². The molecule has 0 spiro atoms. The van der Waals surface area contributed by atoms with E-state index in [1.165, 1.54) is 6.20 Å². The van der Waals surface area contributed by atoms with Gasteiger partial charge in [-0.2, -0.15) is 0 Å². The van der Waals surface area contributed by atoms with Gasteiger partial charge in [0.1, 0.15) is 5.15 Å². The van der Waals surface area contributed by atoms with Crippen molar-refractivity contribution in [2.24, 2.45) is 0 Å². The zero-order valence-electron chi connectivity index (χ0n) is 7.92. The van der Waals surface area contributed by atoms with Crippen LogP contribution in [0.2, 0.25) is 5.15 Å². The zero-order valence-corrected chi connectivity index (χ0v) is 11.8. The lowest BCUT2D eigenvalue weighted by Gasteiger charge is -2.07. The Morgan fingerprint density at radius 1 is 1.19 bits per heavy atom. The zero-order chi connectivity index (χ0) is 11.5. The van der Waals surface area contributed by atoms with E-state index in [1.54, 1.807) is 6.20 Å². The Kier molecular flexibility index (Phi) is 3.78. The van der Waals surface area contributed by atoms with Crippen molar-refractivity contribution in [1.82, 2.24) is 9.97 Å². The predicted octanol–water partition coefficient (Wildman–Crippen LogP) is 4.40. The molecule has 0 fully saturated rings. The minimum atomic E-state index is 0.358. The number of nitrogens with zero attached hydrogens (tertiary/aromatic N) is 2. The van der Waals surface area contributed by atoms with Crippen LogP contribution in [-0.2, 0) is 0 Å². The Morgan fingerprint density at radius 3 is 2.75 bits per heavy atom. The summed E-state index contributed by atoms with van der Waals surface area (Å²) in [4.78, 5) is 8.04. The van der Waals surface area contributed by atoms with E-state index in [4.69, 9.17) is 11.6 Å². The van der Waals surface area contributed by atoms with E-state index in [9.17, 15) is 0 Å². The Morgan fingerprint density at radius 2 is 2.00 bits per heavy atom. The minimum Gasteiger partial charge on any atom is -0.338 e. The van der Waals surface area contributed by atoms with Gasteiger partial charge in [-0.3, -0.25) is 4.98 Å². The molecular formula is C10H6Br2ClN3. The number of rotatable bonds is 2. The lowest BCUT2D eigenvalue weighted by atomic mass is 10.3. The summed E-state index contributed by atoms with van der Waals surface area (Å²) in [5.74, 6) is 0.603. The van der Waals surface area contributed by atoms with E-state index in [-0.39, 0.29) is 0 Å². The molecule has 2 aromatic rings. The van der Waals surface area contributed by atoms with Gasteiger partial charge in [-0.05, 0) is 34.1 Å². The van der Waals surface area contributed by atoms with Gasteiger partial charge in [-0.25, -0.2) is 4.98 Å². The predicted molar refractivity (Wildman–Crippen MR) is 72.2 cm³/mol. The van der Waals surface area contributed by atoms with E-state index in [0.29, 0.717) is 11.0 Å². The van der Waals surface area contributed by atoms with Crippen LogP contribution in [0.3, 0.4) is 0 Å². The first-order valence-corrected chi connectivity index (χ1v) is 6.31. The number of nitrogens with one attached hydrogen (secondary N) is 1. The van der Waals surface area contributed by atoms with Crippen molar-refractivity contribution >= 4 is 55.0 Å².